The molecule has 4 nitrogen and oxygen atoms in total. The summed E-state index contributed by atoms with van der Waals surface area (Å²) in [4.78, 5) is 23.1. The van der Waals surface area contributed by atoms with Gasteiger partial charge < -0.3 is 9.16 Å². The van der Waals surface area contributed by atoms with Crippen molar-refractivity contribution in [1.29, 1.82) is 0 Å². The van der Waals surface area contributed by atoms with E-state index in [9.17, 15) is 9.59 Å². The van der Waals surface area contributed by atoms with Crippen LogP contribution < -0.4 is 0 Å². The van der Waals surface area contributed by atoms with Gasteiger partial charge in [0, 0.05) is 6.61 Å². The first-order valence-electron chi connectivity index (χ1n) is 7.82. The number of hydrogen-bond donors (Lipinski definition) is 0. The number of rotatable bonds is 6. The van der Waals surface area contributed by atoms with Crippen LogP contribution >= 0.6 is 0 Å². The third-order valence-electron chi connectivity index (χ3n) is 4.69. The fourth-order valence-electron chi connectivity index (χ4n) is 3.59. The number of ether oxygens (including phenoxy) is 1. The van der Waals surface area contributed by atoms with Gasteiger partial charge in [-0.3, -0.25) is 9.59 Å². The normalized spacial score (nSPS) is 30.2. The topological polar surface area (TPSA) is 52.6 Å². The van der Waals surface area contributed by atoms with Crippen molar-refractivity contribution in [1.82, 2.24) is 0 Å². The number of cyclic esters (lactones) is 2. The van der Waals surface area contributed by atoms with Crippen LogP contribution in [0.4, 0.5) is 0 Å². The number of carbonyl (C=O) groups excluding carboxylic acids is 2. The van der Waals surface area contributed by atoms with Gasteiger partial charge in [-0.05, 0) is 51.2 Å². The first-order valence-corrected chi connectivity index (χ1v) is 10.9. The lowest BCUT2D eigenvalue weighted by Gasteiger charge is -2.29. The van der Waals surface area contributed by atoms with Crippen molar-refractivity contribution in [3.8, 4) is 0 Å². The number of carbonyl (C=O) groups is 2. The standard InChI is InChI=1S/C15H26O4Si/c1-4-18-20(2,3)9-5-6-11-7-8-12-13(10-11)15(17)19-14(12)16/h11-13H,4-10H2,1-3H3. The minimum atomic E-state index is -1.48. The molecular weight excluding hydrogens is 272 g/mol. The Balaban J connectivity index is 1.76. The first kappa shape index (κ1) is 15.7. The molecule has 0 amide bonds. The van der Waals surface area contributed by atoms with Gasteiger partial charge in [0.15, 0.2) is 8.32 Å². The van der Waals surface area contributed by atoms with E-state index in [1.54, 1.807) is 0 Å². The van der Waals surface area contributed by atoms with Crippen molar-refractivity contribution >= 4 is 20.3 Å². The summed E-state index contributed by atoms with van der Waals surface area (Å²) in [5.74, 6) is -0.301. The molecule has 1 heterocycles. The van der Waals surface area contributed by atoms with E-state index in [1.165, 1.54) is 12.5 Å². The molecule has 0 aromatic heterocycles. The van der Waals surface area contributed by atoms with E-state index in [-0.39, 0.29) is 23.8 Å². The van der Waals surface area contributed by atoms with Gasteiger partial charge in [0.1, 0.15) is 0 Å². The van der Waals surface area contributed by atoms with Crippen molar-refractivity contribution < 1.29 is 18.8 Å². The van der Waals surface area contributed by atoms with Crippen molar-refractivity contribution in [3.05, 3.63) is 0 Å². The lowest BCUT2D eigenvalue weighted by atomic mass is 9.74. The molecule has 2 fully saturated rings. The fraction of sp³-hybridized carbons (Fsp3) is 0.867. The van der Waals surface area contributed by atoms with E-state index < -0.39 is 8.32 Å². The average Bonchev–Trinajstić information content (AvgIpc) is 2.64. The quantitative estimate of drug-likeness (QED) is 0.429. The summed E-state index contributed by atoms with van der Waals surface area (Å²) in [6.07, 6.45) is 5.04. The van der Waals surface area contributed by atoms with E-state index in [0.717, 1.165) is 32.3 Å². The SMILES string of the molecule is CCO[Si](C)(C)CCCC1CCC2C(=O)OC(=O)C2C1. The van der Waals surface area contributed by atoms with Gasteiger partial charge >= 0.3 is 11.9 Å². The summed E-state index contributed by atoms with van der Waals surface area (Å²) < 4.78 is 10.6. The highest BCUT2D eigenvalue weighted by Gasteiger charge is 2.47. The Hall–Kier alpha value is -0.683. The van der Waals surface area contributed by atoms with Crippen LogP contribution in [-0.2, 0) is 18.8 Å². The lowest BCUT2D eigenvalue weighted by molar-refractivity contribution is -0.153. The van der Waals surface area contributed by atoms with Crippen LogP contribution in [-0.4, -0.2) is 26.9 Å². The maximum absolute atomic E-state index is 11.6. The van der Waals surface area contributed by atoms with Gasteiger partial charge in [0.25, 0.3) is 0 Å². The molecule has 2 rings (SSSR count). The zero-order valence-electron chi connectivity index (χ0n) is 12.8. The predicted octanol–water partition coefficient (Wildman–Crippen LogP) is 3.12. The number of esters is 2. The van der Waals surface area contributed by atoms with Gasteiger partial charge in [0.05, 0.1) is 11.8 Å². The van der Waals surface area contributed by atoms with Crippen LogP contribution in [0.15, 0.2) is 0 Å². The van der Waals surface area contributed by atoms with Crippen LogP contribution in [0.3, 0.4) is 0 Å². The van der Waals surface area contributed by atoms with Crippen molar-refractivity contribution in [2.75, 3.05) is 6.61 Å². The smallest absolute Gasteiger partial charge is 0.317 e. The first-order chi connectivity index (χ1) is 9.43. The Bertz CT molecular complexity index is 380. The number of hydrogen-bond acceptors (Lipinski definition) is 4. The molecule has 1 saturated heterocycles. The summed E-state index contributed by atoms with van der Waals surface area (Å²) in [5.41, 5.74) is 0. The maximum atomic E-state index is 11.6. The summed E-state index contributed by atoms with van der Waals surface area (Å²) in [6.45, 7) is 7.39. The lowest BCUT2D eigenvalue weighted by Crippen LogP contribution is -2.31. The Labute approximate surface area is 122 Å². The maximum Gasteiger partial charge on any atom is 0.317 e. The molecule has 1 saturated carbocycles. The van der Waals surface area contributed by atoms with Gasteiger partial charge in [-0.25, -0.2) is 0 Å². The highest BCUT2D eigenvalue weighted by molar-refractivity contribution is 6.71. The molecule has 2 aliphatic rings. The molecule has 0 spiro atoms. The molecule has 20 heavy (non-hydrogen) atoms. The molecule has 3 unspecified atom stereocenters. The molecule has 3 atom stereocenters. The summed E-state index contributed by atoms with van der Waals surface area (Å²) >= 11 is 0. The van der Waals surface area contributed by atoms with Crippen molar-refractivity contribution in [3.63, 3.8) is 0 Å². The minimum absolute atomic E-state index is 0.145. The van der Waals surface area contributed by atoms with E-state index in [1.807, 2.05) is 0 Å². The van der Waals surface area contributed by atoms with Gasteiger partial charge in [-0.15, -0.1) is 0 Å². The Kier molecular flexibility index (Phi) is 5.02. The molecule has 114 valence electrons. The van der Waals surface area contributed by atoms with Gasteiger partial charge in [-0.1, -0.05) is 12.8 Å². The van der Waals surface area contributed by atoms with Crippen LogP contribution in [0.25, 0.3) is 0 Å². The largest absolute Gasteiger partial charge is 0.418 e. The average molecular weight is 298 g/mol. The zero-order valence-corrected chi connectivity index (χ0v) is 13.8. The van der Waals surface area contributed by atoms with E-state index >= 15 is 0 Å². The molecular formula is C15H26O4Si. The molecule has 0 N–H and O–H groups in total. The summed E-state index contributed by atoms with van der Waals surface area (Å²) in [7, 11) is -1.48. The molecule has 0 aromatic rings. The fourth-order valence-corrected chi connectivity index (χ4v) is 5.57. The second-order valence-electron chi connectivity index (χ2n) is 6.72. The highest BCUT2D eigenvalue weighted by atomic mass is 28.4. The van der Waals surface area contributed by atoms with E-state index in [0.29, 0.717) is 5.92 Å². The van der Waals surface area contributed by atoms with Crippen LogP contribution in [0.1, 0.15) is 39.0 Å². The van der Waals surface area contributed by atoms with Crippen LogP contribution in [0, 0.1) is 17.8 Å². The van der Waals surface area contributed by atoms with Gasteiger partial charge in [-0.2, -0.15) is 0 Å². The van der Waals surface area contributed by atoms with Crippen molar-refractivity contribution in [2.45, 2.75) is 58.2 Å². The molecule has 5 heteroatoms. The molecule has 0 bridgehead atoms. The second-order valence-corrected chi connectivity index (χ2v) is 11.0. The monoisotopic (exact) mass is 298 g/mol. The van der Waals surface area contributed by atoms with E-state index in [2.05, 4.69) is 20.0 Å². The molecule has 1 aliphatic heterocycles. The molecule has 1 aliphatic carbocycles. The molecule has 0 aromatic carbocycles. The van der Waals surface area contributed by atoms with Crippen LogP contribution in [0.2, 0.25) is 19.1 Å². The minimum Gasteiger partial charge on any atom is -0.418 e. The zero-order chi connectivity index (χ0) is 14.8. The second kappa shape index (κ2) is 6.39. The Morgan fingerprint density at radius 2 is 1.90 bits per heavy atom. The van der Waals surface area contributed by atoms with Gasteiger partial charge in [0.2, 0.25) is 0 Å². The predicted molar refractivity (Wildman–Crippen MR) is 78.6 cm³/mol. The number of fused-ring (bicyclic) bond motifs is 1. The Morgan fingerprint density at radius 3 is 2.60 bits per heavy atom. The summed E-state index contributed by atoms with van der Waals surface area (Å²) in [5, 5.41) is 0. The van der Waals surface area contributed by atoms with E-state index in [4.69, 9.17) is 9.16 Å². The highest BCUT2D eigenvalue weighted by Crippen LogP contribution is 2.41. The van der Waals surface area contributed by atoms with Crippen LogP contribution in [0.5, 0.6) is 0 Å². The summed E-state index contributed by atoms with van der Waals surface area (Å²) in [6, 6.07) is 1.18. The third kappa shape index (κ3) is 3.70. The molecule has 0 radical (unpaired) electrons. The Morgan fingerprint density at radius 1 is 1.20 bits per heavy atom. The van der Waals surface area contributed by atoms with Crippen molar-refractivity contribution in [2.24, 2.45) is 17.8 Å². The third-order valence-corrected chi connectivity index (χ3v) is 7.32.